The molecular formula is C14H11IN2O4. The lowest BCUT2D eigenvalue weighted by Crippen LogP contribution is -2.14. The summed E-state index contributed by atoms with van der Waals surface area (Å²) in [5, 5.41) is 22.5. The maximum atomic E-state index is 12.2. The van der Waals surface area contributed by atoms with Crippen LogP contribution in [0.25, 0.3) is 0 Å². The molecule has 2 aromatic rings. The van der Waals surface area contributed by atoms with Gasteiger partial charge in [-0.3, -0.25) is 14.9 Å². The van der Waals surface area contributed by atoms with Gasteiger partial charge in [-0.15, -0.1) is 0 Å². The lowest BCUT2D eigenvalue weighted by molar-refractivity contribution is -0.384. The third-order valence-electron chi connectivity index (χ3n) is 2.77. The number of nitrogens with one attached hydrogen (secondary N) is 1. The van der Waals surface area contributed by atoms with E-state index in [-0.39, 0.29) is 17.9 Å². The topological polar surface area (TPSA) is 92.5 Å². The first kappa shape index (κ1) is 15.4. The van der Waals surface area contributed by atoms with Crippen LogP contribution in [0.15, 0.2) is 42.5 Å². The minimum Gasteiger partial charge on any atom is -0.392 e. The SMILES string of the molecule is O=C(Nc1cccc(CO)c1)c1cc([N+](=O)[O-])ccc1I. The molecule has 2 aromatic carbocycles. The molecule has 0 aromatic heterocycles. The summed E-state index contributed by atoms with van der Waals surface area (Å²) in [6.07, 6.45) is 0. The Morgan fingerprint density at radius 1 is 1.29 bits per heavy atom. The number of nitrogens with zero attached hydrogens (tertiary/aromatic N) is 1. The Balaban J connectivity index is 2.27. The van der Waals surface area contributed by atoms with Crippen molar-refractivity contribution >= 4 is 39.9 Å². The minimum absolute atomic E-state index is 0.127. The molecule has 0 unspecified atom stereocenters. The first-order chi connectivity index (χ1) is 10.0. The van der Waals surface area contributed by atoms with Crippen LogP contribution in [0.3, 0.4) is 0 Å². The molecule has 21 heavy (non-hydrogen) atoms. The van der Waals surface area contributed by atoms with Crippen molar-refractivity contribution < 1.29 is 14.8 Å². The molecule has 108 valence electrons. The van der Waals surface area contributed by atoms with E-state index in [1.165, 1.54) is 18.2 Å². The monoisotopic (exact) mass is 398 g/mol. The molecule has 0 fully saturated rings. The summed E-state index contributed by atoms with van der Waals surface area (Å²) in [4.78, 5) is 22.4. The van der Waals surface area contributed by atoms with Gasteiger partial charge in [-0.2, -0.15) is 0 Å². The highest BCUT2D eigenvalue weighted by Gasteiger charge is 2.15. The van der Waals surface area contributed by atoms with Gasteiger partial charge in [0.1, 0.15) is 0 Å². The third kappa shape index (κ3) is 3.76. The number of nitro groups is 1. The van der Waals surface area contributed by atoms with E-state index in [4.69, 9.17) is 5.11 Å². The molecule has 0 spiro atoms. The summed E-state index contributed by atoms with van der Waals surface area (Å²) >= 11 is 1.95. The van der Waals surface area contributed by atoms with Gasteiger partial charge in [0.25, 0.3) is 11.6 Å². The van der Waals surface area contributed by atoms with Crippen LogP contribution in [0, 0.1) is 13.7 Å². The van der Waals surface area contributed by atoms with Gasteiger partial charge in [-0.1, -0.05) is 12.1 Å². The number of non-ortho nitro benzene ring substituents is 1. The molecule has 2 N–H and O–H groups in total. The first-order valence-corrected chi connectivity index (χ1v) is 7.04. The molecule has 0 aliphatic rings. The number of nitro benzene ring substituents is 1. The number of halogens is 1. The highest BCUT2D eigenvalue weighted by molar-refractivity contribution is 14.1. The number of hydrogen-bond acceptors (Lipinski definition) is 4. The van der Waals surface area contributed by atoms with Crippen molar-refractivity contribution in [3.63, 3.8) is 0 Å². The molecule has 0 saturated heterocycles. The van der Waals surface area contributed by atoms with Crippen LogP contribution in [0.1, 0.15) is 15.9 Å². The number of aliphatic hydroxyl groups excluding tert-OH is 1. The van der Waals surface area contributed by atoms with E-state index in [9.17, 15) is 14.9 Å². The second-order valence-corrected chi connectivity index (χ2v) is 5.40. The number of aliphatic hydroxyl groups is 1. The Labute approximate surface area is 134 Å². The predicted molar refractivity (Wildman–Crippen MR) is 86.1 cm³/mol. The Kier molecular flexibility index (Phi) is 4.86. The normalized spacial score (nSPS) is 10.2. The average Bonchev–Trinajstić information content (AvgIpc) is 2.47. The zero-order chi connectivity index (χ0) is 15.4. The fourth-order valence-corrected chi connectivity index (χ4v) is 2.33. The van der Waals surface area contributed by atoms with E-state index in [1.807, 2.05) is 22.6 Å². The van der Waals surface area contributed by atoms with Crippen molar-refractivity contribution in [1.29, 1.82) is 0 Å². The van der Waals surface area contributed by atoms with Crippen molar-refractivity contribution in [1.82, 2.24) is 0 Å². The van der Waals surface area contributed by atoms with Crippen molar-refractivity contribution in [2.24, 2.45) is 0 Å². The number of anilines is 1. The van der Waals surface area contributed by atoms with Crippen LogP contribution in [0.4, 0.5) is 11.4 Å². The third-order valence-corrected chi connectivity index (χ3v) is 3.71. The Hall–Kier alpha value is -2.00. The smallest absolute Gasteiger partial charge is 0.270 e. The summed E-state index contributed by atoms with van der Waals surface area (Å²) in [7, 11) is 0. The summed E-state index contributed by atoms with van der Waals surface area (Å²) < 4.78 is 0.619. The van der Waals surface area contributed by atoms with Gasteiger partial charge in [0.05, 0.1) is 17.1 Å². The predicted octanol–water partition coefficient (Wildman–Crippen LogP) is 2.94. The van der Waals surface area contributed by atoms with Gasteiger partial charge < -0.3 is 10.4 Å². The van der Waals surface area contributed by atoms with Crippen LogP contribution >= 0.6 is 22.6 Å². The molecule has 2 rings (SSSR count). The van der Waals surface area contributed by atoms with Crippen molar-refractivity contribution in [2.75, 3.05) is 5.32 Å². The maximum Gasteiger partial charge on any atom is 0.270 e. The molecule has 0 aliphatic heterocycles. The Bertz CT molecular complexity index is 703. The number of hydrogen-bond donors (Lipinski definition) is 2. The van der Waals surface area contributed by atoms with E-state index >= 15 is 0 Å². The molecule has 0 heterocycles. The molecule has 7 heteroatoms. The van der Waals surface area contributed by atoms with E-state index < -0.39 is 10.8 Å². The summed E-state index contributed by atoms with van der Waals surface area (Å²) in [5.74, 6) is -0.432. The molecule has 0 bridgehead atoms. The number of amides is 1. The molecule has 0 atom stereocenters. The van der Waals surface area contributed by atoms with Crippen molar-refractivity contribution in [3.8, 4) is 0 Å². The first-order valence-electron chi connectivity index (χ1n) is 5.96. The van der Waals surface area contributed by atoms with Crippen LogP contribution in [0.2, 0.25) is 0 Å². The lowest BCUT2D eigenvalue weighted by Gasteiger charge is -2.08. The van der Waals surface area contributed by atoms with Crippen LogP contribution in [-0.2, 0) is 6.61 Å². The molecule has 0 radical (unpaired) electrons. The van der Waals surface area contributed by atoms with E-state index in [1.54, 1.807) is 24.3 Å². The quantitative estimate of drug-likeness (QED) is 0.471. The Morgan fingerprint density at radius 2 is 2.05 bits per heavy atom. The van der Waals surface area contributed by atoms with E-state index in [2.05, 4.69) is 5.32 Å². The zero-order valence-electron chi connectivity index (χ0n) is 10.7. The second-order valence-electron chi connectivity index (χ2n) is 4.23. The molecule has 0 aliphatic carbocycles. The van der Waals surface area contributed by atoms with Crippen molar-refractivity contribution in [2.45, 2.75) is 6.61 Å². The van der Waals surface area contributed by atoms with Gasteiger partial charge in [0, 0.05) is 21.4 Å². The van der Waals surface area contributed by atoms with Crippen LogP contribution < -0.4 is 5.32 Å². The Morgan fingerprint density at radius 3 is 2.71 bits per heavy atom. The van der Waals surface area contributed by atoms with E-state index in [0.717, 1.165) is 0 Å². The van der Waals surface area contributed by atoms with E-state index in [0.29, 0.717) is 14.8 Å². The second kappa shape index (κ2) is 6.64. The minimum atomic E-state index is -0.542. The fourth-order valence-electron chi connectivity index (χ4n) is 1.75. The number of rotatable bonds is 4. The molecule has 6 nitrogen and oxygen atoms in total. The fraction of sp³-hybridized carbons (Fsp3) is 0.0714. The van der Waals surface area contributed by atoms with Gasteiger partial charge in [0.2, 0.25) is 0 Å². The number of benzene rings is 2. The highest BCUT2D eigenvalue weighted by atomic mass is 127. The summed E-state index contributed by atoms with van der Waals surface area (Å²) in [6, 6.07) is 10.9. The summed E-state index contributed by atoms with van der Waals surface area (Å²) in [6.45, 7) is -0.127. The zero-order valence-corrected chi connectivity index (χ0v) is 12.9. The lowest BCUT2D eigenvalue weighted by atomic mass is 10.1. The highest BCUT2D eigenvalue weighted by Crippen LogP contribution is 2.21. The van der Waals surface area contributed by atoms with Crippen LogP contribution in [-0.4, -0.2) is 15.9 Å². The standard InChI is InChI=1S/C14H11IN2O4/c15-13-5-4-11(17(20)21)7-12(13)14(19)16-10-3-1-2-9(6-10)8-18/h1-7,18H,8H2,(H,16,19). The van der Waals surface area contributed by atoms with Gasteiger partial charge >= 0.3 is 0 Å². The van der Waals surface area contributed by atoms with Gasteiger partial charge in [-0.25, -0.2) is 0 Å². The largest absolute Gasteiger partial charge is 0.392 e. The number of carbonyl (C=O) groups excluding carboxylic acids is 1. The molecular weight excluding hydrogens is 387 g/mol. The van der Waals surface area contributed by atoms with Gasteiger partial charge in [-0.05, 0) is 46.4 Å². The molecule has 0 saturated carbocycles. The number of carbonyl (C=O) groups is 1. The maximum absolute atomic E-state index is 12.2. The average molecular weight is 398 g/mol. The van der Waals surface area contributed by atoms with Crippen molar-refractivity contribution in [3.05, 3.63) is 67.3 Å². The summed E-state index contributed by atoms with van der Waals surface area (Å²) in [5.41, 5.74) is 1.29. The van der Waals surface area contributed by atoms with Gasteiger partial charge in [0.15, 0.2) is 0 Å². The molecule has 1 amide bonds. The van der Waals surface area contributed by atoms with Crippen LogP contribution in [0.5, 0.6) is 0 Å².